The van der Waals surface area contributed by atoms with Crippen LogP contribution in [0.4, 0.5) is 6.01 Å². The number of nitrogens with one attached hydrogen (secondary N) is 1. The normalized spacial score (nSPS) is 10.5. The molecule has 128 valence electrons. The van der Waals surface area contributed by atoms with Crippen LogP contribution in [0.15, 0.2) is 57.8 Å². The lowest BCUT2D eigenvalue weighted by Gasteiger charge is -2.04. The Balaban J connectivity index is 1.68. The highest BCUT2D eigenvalue weighted by molar-refractivity contribution is 7.98. The first-order chi connectivity index (χ1) is 12.2. The fraction of sp³-hybridized carbons (Fsp3) is 0.167. The van der Waals surface area contributed by atoms with Gasteiger partial charge in [0.1, 0.15) is 5.75 Å². The number of nitrogens with zero attached hydrogens (tertiary/aromatic N) is 2. The van der Waals surface area contributed by atoms with Gasteiger partial charge in [0.25, 0.3) is 5.91 Å². The number of rotatable bonds is 6. The number of thioether (sulfide) groups is 1. The van der Waals surface area contributed by atoms with Crippen LogP contribution in [-0.2, 0) is 0 Å². The van der Waals surface area contributed by atoms with Crippen LogP contribution in [0.1, 0.15) is 17.3 Å². The molecular formula is C18H17N3O3S. The lowest BCUT2D eigenvalue weighted by Crippen LogP contribution is -2.12. The van der Waals surface area contributed by atoms with Gasteiger partial charge in [-0.05, 0) is 61.7 Å². The van der Waals surface area contributed by atoms with Crippen LogP contribution < -0.4 is 10.1 Å². The van der Waals surface area contributed by atoms with Crippen LogP contribution in [0.5, 0.6) is 5.75 Å². The Morgan fingerprint density at radius 3 is 2.48 bits per heavy atom. The first-order valence-corrected chi connectivity index (χ1v) is 8.94. The molecule has 0 unspecified atom stereocenters. The van der Waals surface area contributed by atoms with Crippen molar-refractivity contribution in [1.29, 1.82) is 0 Å². The molecule has 1 amide bonds. The van der Waals surface area contributed by atoms with E-state index in [0.717, 1.165) is 10.5 Å². The zero-order chi connectivity index (χ0) is 17.6. The number of aromatic nitrogens is 2. The zero-order valence-electron chi connectivity index (χ0n) is 13.9. The van der Waals surface area contributed by atoms with Crippen LogP contribution in [0, 0.1) is 0 Å². The summed E-state index contributed by atoms with van der Waals surface area (Å²) in [5, 5.41) is 10.4. The van der Waals surface area contributed by atoms with Gasteiger partial charge in [-0.1, -0.05) is 5.10 Å². The molecule has 25 heavy (non-hydrogen) atoms. The van der Waals surface area contributed by atoms with E-state index in [2.05, 4.69) is 15.5 Å². The molecule has 0 spiro atoms. The van der Waals surface area contributed by atoms with Crippen molar-refractivity contribution in [3.05, 3.63) is 54.1 Å². The summed E-state index contributed by atoms with van der Waals surface area (Å²) in [6.45, 7) is 2.48. The Bertz CT molecular complexity index is 845. The van der Waals surface area contributed by atoms with Gasteiger partial charge < -0.3 is 9.15 Å². The maximum Gasteiger partial charge on any atom is 0.322 e. The summed E-state index contributed by atoms with van der Waals surface area (Å²) in [6.07, 6.45) is 2.01. The Hall–Kier alpha value is -2.80. The first kappa shape index (κ1) is 17.0. The van der Waals surface area contributed by atoms with Gasteiger partial charge in [0, 0.05) is 16.0 Å². The van der Waals surface area contributed by atoms with Crippen LogP contribution in [0.25, 0.3) is 11.5 Å². The predicted molar refractivity (Wildman–Crippen MR) is 97.1 cm³/mol. The maximum absolute atomic E-state index is 12.2. The third kappa shape index (κ3) is 4.19. The van der Waals surface area contributed by atoms with Gasteiger partial charge in [-0.2, -0.15) is 0 Å². The van der Waals surface area contributed by atoms with Gasteiger partial charge in [0.15, 0.2) is 0 Å². The average Bonchev–Trinajstić information content (AvgIpc) is 3.11. The molecule has 1 heterocycles. The van der Waals surface area contributed by atoms with E-state index in [1.54, 1.807) is 36.0 Å². The van der Waals surface area contributed by atoms with Crippen LogP contribution in [0.3, 0.4) is 0 Å². The molecule has 3 aromatic rings. The number of amides is 1. The summed E-state index contributed by atoms with van der Waals surface area (Å²) < 4.78 is 10.9. The molecule has 3 rings (SSSR count). The fourth-order valence-electron chi connectivity index (χ4n) is 2.16. The lowest BCUT2D eigenvalue weighted by molar-refractivity contribution is 0.102. The average molecular weight is 355 g/mol. The van der Waals surface area contributed by atoms with Gasteiger partial charge in [0.05, 0.1) is 6.61 Å². The number of carbonyl (C=O) groups is 1. The predicted octanol–water partition coefficient (Wildman–Crippen LogP) is 4.11. The SMILES string of the molecule is CCOc1ccc(C(=O)Nc2nnc(-c3ccc(SC)cc3)o2)cc1. The molecule has 0 saturated carbocycles. The minimum atomic E-state index is -0.323. The summed E-state index contributed by atoms with van der Waals surface area (Å²) in [5.41, 5.74) is 1.28. The van der Waals surface area contributed by atoms with E-state index >= 15 is 0 Å². The van der Waals surface area contributed by atoms with E-state index in [1.165, 1.54) is 0 Å². The number of anilines is 1. The molecule has 0 aliphatic heterocycles. The highest BCUT2D eigenvalue weighted by Crippen LogP contribution is 2.23. The molecule has 0 aliphatic carbocycles. The first-order valence-electron chi connectivity index (χ1n) is 7.71. The van der Waals surface area contributed by atoms with Crippen LogP contribution in [-0.4, -0.2) is 29.0 Å². The summed E-state index contributed by atoms with van der Waals surface area (Å²) in [7, 11) is 0. The summed E-state index contributed by atoms with van der Waals surface area (Å²) in [4.78, 5) is 13.4. The van der Waals surface area contributed by atoms with E-state index in [1.807, 2.05) is 37.4 Å². The molecule has 1 aromatic heterocycles. The molecule has 0 aliphatic rings. The summed E-state index contributed by atoms with van der Waals surface area (Å²) >= 11 is 1.66. The Morgan fingerprint density at radius 1 is 1.12 bits per heavy atom. The van der Waals surface area contributed by atoms with Crippen molar-refractivity contribution in [3.63, 3.8) is 0 Å². The monoisotopic (exact) mass is 355 g/mol. The molecule has 0 radical (unpaired) electrons. The molecule has 1 N–H and O–H groups in total. The van der Waals surface area contributed by atoms with Crippen LogP contribution in [0.2, 0.25) is 0 Å². The van der Waals surface area contributed by atoms with Crippen molar-refractivity contribution in [2.24, 2.45) is 0 Å². The van der Waals surface area contributed by atoms with Crippen molar-refractivity contribution in [1.82, 2.24) is 10.2 Å². The second kappa shape index (κ2) is 7.85. The second-order valence-corrected chi connectivity index (χ2v) is 5.93. The second-order valence-electron chi connectivity index (χ2n) is 5.05. The number of hydrogen-bond donors (Lipinski definition) is 1. The van der Waals surface area contributed by atoms with Crippen molar-refractivity contribution >= 4 is 23.7 Å². The van der Waals surface area contributed by atoms with Crippen molar-refractivity contribution in [2.45, 2.75) is 11.8 Å². The molecular weight excluding hydrogens is 338 g/mol. The topological polar surface area (TPSA) is 77.2 Å². The number of benzene rings is 2. The number of hydrogen-bond acceptors (Lipinski definition) is 6. The Kier molecular flexibility index (Phi) is 5.35. The third-order valence-electron chi connectivity index (χ3n) is 3.41. The van der Waals surface area contributed by atoms with Gasteiger partial charge in [-0.15, -0.1) is 16.9 Å². The lowest BCUT2D eigenvalue weighted by atomic mass is 10.2. The highest BCUT2D eigenvalue weighted by Gasteiger charge is 2.13. The van der Waals surface area contributed by atoms with E-state index < -0.39 is 0 Å². The van der Waals surface area contributed by atoms with Crippen molar-refractivity contribution < 1.29 is 13.9 Å². The van der Waals surface area contributed by atoms with Gasteiger partial charge in [0.2, 0.25) is 5.89 Å². The molecule has 0 fully saturated rings. The van der Waals surface area contributed by atoms with E-state index in [-0.39, 0.29) is 11.9 Å². The number of carbonyl (C=O) groups excluding carboxylic acids is 1. The Labute approximate surface area is 149 Å². The standard InChI is InChI=1S/C18H17N3O3S/c1-3-23-14-8-4-12(5-9-14)16(22)19-18-21-20-17(24-18)13-6-10-15(25-2)11-7-13/h4-11H,3H2,1-2H3,(H,19,21,22). The molecule has 6 nitrogen and oxygen atoms in total. The van der Waals surface area contributed by atoms with Gasteiger partial charge >= 0.3 is 6.01 Å². The quantitative estimate of drug-likeness (QED) is 0.671. The smallest absolute Gasteiger partial charge is 0.322 e. The zero-order valence-corrected chi connectivity index (χ0v) is 14.7. The molecule has 0 atom stereocenters. The van der Waals surface area contributed by atoms with Gasteiger partial charge in [-0.3, -0.25) is 10.1 Å². The van der Waals surface area contributed by atoms with E-state index in [0.29, 0.717) is 23.8 Å². The minimum Gasteiger partial charge on any atom is -0.494 e. The fourth-order valence-corrected chi connectivity index (χ4v) is 2.57. The maximum atomic E-state index is 12.2. The van der Waals surface area contributed by atoms with E-state index in [9.17, 15) is 4.79 Å². The molecule has 0 saturated heterocycles. The van der Waals surface area contributed by atoms with Crippen molar-refractivity contribution in [2.75, 3.05) is 18.2 Å². The number of ether oxygens (including phenoxy) is 1. The molecule has 0 bridgehead atoms. The van der Waals surface area contributed by atoms with Crippen molar-refractivity contribution in [3.8, 4) is 17.2 Å². The minimum absolute atomic E-state index is 0.0582. The van der Waals surface area contributed by atoms with Crippen LogP contribution >= 0.6 is 11.8 Å². The third-order valence-corrected chi connectivity index (χ3v) is 4.15. The molecule has 2 aromatic carbocycles. The Morgan fingerprint density at radius 2 is 1.84 bits per heavy atom. The summed E-state index contributed by atoms with van der Waals surface area (Å²) in [6, 6.07) is 14.6. The largest absolute Gasteiger partial charge is 0.494 e. The molecule has 7 heteroatoms. The van der Waals surface area contributed by atoms with E-state index in [4.69, 9.17) is 9.15 Å². The summed E-state index contributed by atoms with van der Waals surface area (Å²) in [5.74, 6) is 0.749. The van der Waals surface area contributed by atoms with Gasteiger partial charge in [-0.25, -0.2) is 0 Å². The highest BCUT2D eigenvalue weighted by atomic mass is 32.2.